The molecule has 104 valence electrons. The highest BCUT2D eigenvalue weighted by atomic mass is 15.3. The van der Waals surface area contributed by atoms with Crippen LogP contribution < -0.4 is 0 Å². The molecule has 3 unspecified atom stereocenters. The van der Waals surface area contributed by atoms with Gasteiger partial charge >= 0.3 is 0 Å². The summed E-state index contributed by atoms with van der Waals surface area (Å²) in [5.74, 6) is 4.12. The SMILES string of the molecule is CC1c2ccccc2N=C2C3CC4CC(C3)CC(C4)N21. The molecule has 3 aliphatic heterocycles. The molecule has 2 nitrogen and oxygen atoms in total. The van der Waals surface area contributed by atoms with Gasteiger partial charge in [0.15, 0.2) is 0 Å². The predicted molar refractivity (Wildman–Crippen MR) is 81.1 cm³/mol. The van der Waals surface area contributed by atoms with Gasteiger partial charge in [0.25, 0.3) is 0 Å². The van der Waals surface area contributed by atoms with Crippen LogP contribution in [0.15, 0.2) is 29.3 Å². The molecular weight excluding hydrogens is 244 g/mol. The van der Waals surface area contributed by atoms with Gasteiger partial charge in [0, 0.05) is 17.5 Å². The summed E-state index contributed by atoms with van der Waals surface area (Å²) in [7, 11) is 0. The molecule has 0 N–H and O–H groups in total. The standard InChI is InChI=1S/C18H22N2/c1-11-16-4-2-3-5-17(16)19-18-14-7-12-6-13(8-14)10-15(9-12)20(11)18/h2-5,11-15H,6-10H2,1H3. The summed E-state index contributed by atoms with van der Waals surface area (Å²) in [6, 6.07) is 10.0. The van der Waals surface area contributed by atoms with Gasteiger partial charge in [-0.2, -0.15) is 0 Å². The van der Waals surface area contributed by atoms with E-state index in [1.165, 1.54) is 49.2 Å². The minimum absolute atomic E-state index is 0.516. The maximum absolute atomic E-state index is 5.12. The quantitative estimate of drug-likeness (QED) is 0.683. The number of nitrogens with zero attached hydrogens (tertiary/aromatic N) is 2. The van der Waals surface area contributed by atoms with Crippen LogP contribution in [-0.4, -0.2) is 16.8 Å². The van der Waals surface area contributed by atoms with Crippen molar-refractivity contribution in [3.05, 3.63) is 29.8 Å². The molecule has 2 saturated carbocycles. The Morgan fingerprint density at radius 2 is 1.75 bits per heavy atom. The van der Waals surface area contributed by atoms with Crippen molar-refractivity contribution in [1.29, 1.82) is 0 Å². The summed E-state index contributed by atoms with van der Waals surface area (Å²) in [6.45, 7) is 2.39. The lowest BCUT2D eigenvalue weighted by Gasteiger charge is -2.42. The molecule has 5 aliphatic rings. The second-order valence-electron chi connectivity index (χ2n) is 7.37. The predicted octanol–water partition coefficient (Wildman–Crippen LogP) is 4.30. The summed E-state index contributed by atoms with van der Waals surface area (Å²) in [4.78, 5) is 7.83. The minimum atomic E-state index is 0.516. The monoisotopic (exact) mass is 266 g/mol. The second kappa shape index (κ2) is 3.87. The highest BCUT2D eigenvalue weighted by Crippen LogP contribution is 2.52. The van der Waals surface area contributed by atoms with Gasteiger partial charge in [0.1, 0.15) is 5.84 Å². The van der Waals surface area contributed by atoms with Gasteiger partial charge in [-0.15, -0.1) is 0 Å². The number of aliphatic imine (C=N–C) groups is 1. The zero-order chi connectivity index (χ0) is 13.3. The van der Waals surface area contributed by atoms with Crippen LogP contribution >= 0.6 is 0 Å². The number of para-hydroxylation sites is 1. The summed E-state index contributed by atoms with van der Waals surface area (Å²) in [5.41, 5.74) is 2.66. The van der Waals surface area contributed by atoms with Gasteiger partial charge in [0.2, 0.25) is 0 Å². The zero-order valence-electron chi connectivity index (χ0n) is 12.1. The largest absolute Gasteiger partial charge is 0.350 e. The topological polar surface area (TPSA) is 15.6 Å². The van der Waals surface area contributed by atoms with Crippen molar-refractivity contribution in [2.75, 3.05) is 0 Å². The third kappa shape index (κ3) is 1.43. The van der Waals surface area contributed by atoms with Crippen LogP contribution in [0.25, 0.3) is 0 Å². The van der Waals surface area contributed by atoms with Crippen LogP contribution in [0.3, 0.4) is 0 Å². The molecule has 2 saturated heterocycles. The summed E-state index contributed by atoms with van der Waals surface area (Å²) in [6.07, 6.45) is 7.13. The summed E-state index contributed by atoms with van der Waals surface area (Å²) >= 11 is 0. The van der Waals surface area contributed by atoms with Gasteiger partial charge in [-0.3, -0.25) is 0 Å². The van der Waals surface area contributed by atoms with E-state index in [0.29, 0.717) is 6.04 Å². The molecule has 0 aromatic heterocycles. The molecular formula is C18H22N2. The molecule has 1 aromatic rings. The molecule has 3 heterocycles. The summed E-state index contributed by atoms with van der Waals surface area (Å²) in [5, 5.41) is 0. The average molecular weight is 266 g/mol. The first-order valence-corrected chi connectivity index (χ1v) is 8.25. The fourth-order valence-corrected chi connectivity index (χ4v) is 5.53. The number of hydrogen-bond donors (Lipinski definition) is 0. The number of benzene rings is 1. The number of amidine groups is 1. The van der Waals surface area contributed by atoms with E-state index in [2.05, 4.69) is 36.1 Å². The second-order valence-corrected chi connectivity index (χ2v) is 7.37. The third-order valence-electron chi connectivity index (χ3n) is 6.18. The van der Waals surface area contributed by atoms with Crippen LogP contribution in [0.1, 0.15) is 50.6 Å². The fourth-order valence-electron chi connectivity index (χ4n) is 5.53. The van der Waals surface area contributed by atoms with Gasteiger partial charge in [-0.05, 0) is 56.9 Å². The maximum atomic E-state index is 5.12. The Hall–Kier alpha value is -1.31. The van der Waals surface area contributed by atoms with Crippen molar-refractivity contribution in [2.24, 2.45) is 22.7 Å². The van der Waals surface area contributed by atoms with Crippen LogP contribution in [0.4, 0.5) is 5.69 Å². The van der Waals surface area contributed by atoms with Crippen molar-refractivity contribution in [3.63, 3.8) is 0 Å². The van der Waals surface area contributed by atoms with E-state index < -0.39 is 0 Å². The van der Waals surface area contributed by atoms with Crippen molar-refractivity contribution in [1.82, 2.24) is 4.90 Å². The van der Waals surface area contributed by atoms with E-state index in [1.807, 2.05) is 0 Å². The van der Waals surface area contributed by atoms with Crippen LogP contribution in [0.2, 0.25) is 0 Å². The Kier molecular flexibility index (Phi) is 2.20. The first-order valence-electron chi connectivity index (χ1n) is 8.25. The first kappa shape index (κ1) is 11.4. The molecule has 4 bridgehead atoms. The molecule has 2 heteroatoms. The Balaban J connectivity index is 1.69. The highest BCUT2D eigenvalue weighted by molar-refractivity contribution is 5.90. The Bertz CT molecular complexity index is 577. The first-order chi connectivity index (χ1) is 9.79. The smallest absolute Gasteiger partial charge is 0.109 e. The molecule has 3 atom stereocenters. The molecule has 0 radical (unpaired) electrons. The summed E-state index contributed by atoms with van der Waals surface area (Å²) < 4.78 is 0. The molecule has 2 aliphatic carbocycles. The number of rotatable bonds is 0. The van der Waals surface area contributed by atoms with Crippen LogP contribution in [0.5, 0.6) is 0 Å². The third-order valence-corrected chi connectivity index (χ3v) is 6.18. The maximum Gasteiger partial charge on any atom is 0.109 e. The van der Waals surface area contributed by atoms with Crippen molar-refractivity contribution >= 4 is 11.5 Å². The lowest BCUT2D eigenvalue weighted by molar-refractivity contribution is 0.117. The zero-order valence-corrected chi connectivity index (χ0v) is 12.1. The van der Waals surface area contributed by atoms with Crippen LogP contribution in [0, 0.1) is 17.8 Å². The normalized spacial score (nSPS) is 41.0. The molecule has 6 rings (SSSR count). The molecule has 0 amide bonds. The van der Waals surface area contributed by atoms with E-state index >= 15 is 0 Å². The average Bonchev–Trinajstić information content (AvgIpc) is 2.61. The number of fused-ring (bicyclic) bond motifs is 1. The van der Waals surface area contributed by atoms with E-state index in [4.69, 9.17) is 4.99 Å². The highest BCUT2D eigenvalue weighted by Gasteiger charge is 2.48. The molecule has 0 spiro atoms. The molecule has 20 heavy (non-hydrogen) atoms. The lowest BCUT2D eigenvalue weighted by Crippen LogP contribution is -2.44. The Morgan fingerprint density at radius 1 is 1.00 bits per heavy atom. The van der Waals surface area contributed by atoms with E-state index in [0.717, 1.165) is 23.8 Å². The Labute approximate surface area is 120 Å². The fraction of sp³-hybridized carbons (Fsp3) is 0.611. The van der Waals surface area contributed by atoms with Crippen molar-refractivity contribution < 1.29 is 0 Å². The van der Waals surface area contributed by atoms with Crippen LogP contribution in [-0.2, 0) is 0 Å². The van der Waals surface area contributed by atoms with Crippen molar-refractivity contribution in [2.45, 2.75) is 51.1 Å². The molecule has 1 aromatic carbocycles. The van der Waals surface area contributed by atoms with Gasteiger partial charge in [0.05, 0.1) is 11.7 Å². The van der Waals surface area contributed by atoms with E-state index in [9.17, 15) is 0 Å². The Morgan fingerprint density at radius 3 is 2.55 bits per heavy atom. The van der Waals surface area contributed by atoms with Crippen molar-refractivity contribution in [3.8, 4) is 0 Å². The lowest BCUT2D eigenvalue weighted by atomic mass is 9.68. The molecule has 4 fully saturated rings. The number of hydrogen-bond acceptors (Lipinski definition) is 2. The van der Waals surface area contributed by atoms with E-state index in [-0.39, 0.29) is 0 Å². The van der Waals surface area contributed by atoms with E-state index in [1.54, 1.807) is 0 Å². The minimum Gasteiger partial charge on any atom is -0.350 e. The van der Waals surface area contributed by atoms with Gasteiger partial charge in [-0.25, -0.2) is 4.99 Å². The van der Waals surface area contributed by atoms with Gasteiger partial charge < -0.3 is 4.90 Å². The van der Waals surface area contributed by atoms with Gasteiger partial charge in [-0.1, -0.05) is 18.2 Å².